The quantitative estimate of drug-likeness (QED) is 0.721. The molecular formula is C12H18N2O. The van der Waals surface area contributed by atoms with E-state index in [0.29, 0.717) is 0 Å². The molecule has 82 valence electrons. The van der Waals surface area contributed by atoms with Crippen LogP contribution < -0.4 is 0 Å². The SMILES string of the molecule is CC(C)=C(CC(C)(C#N)C#N)C(C)(C)O. The molecule has 3 nitrogen and oxygen atoms in total. The van der Waals surface area contributed by atoms with Crippen molar-refractivity contribution in [3.8, 4) is 12.1 Å². The molecule has 0 radical (unpaired) electrons. The molecule has 0 spiro atoms. The predicted octanol–water partition coefficient (Wildman–Crippen LogP) is 2.54. The number of rotatable bonds is 3. The smallest absolute Gasteiger partial charge is 0.144 e. The van der Waals surface area contributed by atoms with Gasteiger partial charge in [0.2, 0.25) is 0 Å². The van der Waals surface area contributed by atoms with Crippen LogP contribution in [0.1, 0.15) is 41.0 Å². The number of hydrogen-bond acceptors (Lipinski definition) is 3. The number of nitrogens with zero attached hydrogens (tertiary/aromatic N) is 2. The van der Waals surface area contributed by atoms with E-state index in [0.717, 1.165) is 11.1 Å². The van der Waals surface area contributed by atoms with Gasteiger partial charge in [-0.3, -0.25) is 0 Å². The van der Waals surface area contributed by atoms with Crippen molar-refractivity contribution < 1.29 is 5.11 Å². The van der Waals surface area contributed by atoms with Gasteiger partial charge < -0.3 is 5.11 Å². The molecule has 0 saturated carbocycles. The van der Waals surface area contributed by atoms with Crippen LogP contribution in [0.5, 0.6) is 0 Å². The Morgan fingerprint density at radius 1 is 1.13 bits per heavy atom. The average molecular weight is 206 g/mol. The van der Waals surface area contributed by atoms with Crippen molar-refractivity contribution in [1.82, 2.24) is 0 Å². The third kappa shape index (κ3) is 3.73. The molecule has 1 N–H and O–H groups in total. The van der Waals surface area contributed by atoms with Crippen molar-refractivity contribution >= 4 is 0 Å². The summed E-state index contributed by atoms with van der Waals surface area (Å²) in [5, 5.41) is 27.7. The highest BCUT2D eigenvalue weighted by atomic mass is 16.3. The molecule has 0 aromatic rings. The molecule has 15 heavy (non-hydrogen) atoms. The van der Waals surface area contributed by atoms with Gasteiger partial charge in [-0.2, -0.15) is 10.5 Å². The minimum absolute atomic E-state index is 0.284. The number of nitriles is 2. The Kier molecular flexibility index (Phi) is 4.07. The van der Waals surface area contributed by atoms with E-state index in [-0.39, 0.29) is 6.42 Å². The highest BCUT2D eigenvalue weighted by Gasteiger charge is 2.31. The number of hydrogen-bond donors (Lipinski definition) is 1. The van der Waals surface area contributed by atoms with Gasteiger partial charge in [-0.1, -0.05) is 5.57 Å². The maximum absolute atomic E-state index is 9.93. The Labute approximate surface area is 91.6 Å². The lowest BCUT2D eigenvalue weighted by molar-refractivity contribution is 0.111. The summed E-state index contributed by atoms with van der Waals surface area (Å²) in [7, 11) is 0. The Morgan fingerprint density at radius 2 is 1.53 bits per heavy atom. The van der Waals surface area contributed by atoms with Crippen molar-refractivity contribution in [3.63, 3.8) is 0 Å². The van der Waals surface area contributed by atoms with Gasteiger partial charge in [0.25, 0.3) is 0 Å². The van der Waals surface area contributed by atoms with E-state index in [1.807, 2.05) is 26.0 Å². The van der Waals surface area contributed by atoms with Crippen LogP contribution in [0.15, 0.2) is 11.1 Å². The Morgan fingerprint density at radius 3 is 1.73 bits per heavy atom. The summed E-state index contributed by atoms with van der Waals surface area (Å²) in [4.78, 5) is 0. The van der Waals surface area contributed by atoms with Gasteiger partial charge >= 0.3 is 0 Å². The first-order chi connectivity index (χ1) is 6.66. The summed E-state index contributed by atoms with van der Waals surface area (Å²) >= 11 is 0. The third-order valence-corrected chi connectivity index (χ3v) is 2.37. The van der Waals surface area contributed by atoms with Crippen LogP contribution in [0.25, 0.3) is 0 Å². The molecule has 0 bridgehead atoms. The van der Waals surface area contributed by atoms with Gasteiger partial charge in [0.05, 0.1) is 17.7 Å². The van der Waals surface area contributed by atoms with Crippen LogP contribution in [0.3, 0.4) is 0 Å². The van der Waals surface area contributed by atoms with E-state index in [1.165, 1.54) is 0 Å². The van der Waals surface area contributed by atoms with Crippen LogP contribution in [-0.4, -0.2) is 10.7 Å². The van der Waals surface area contributed by atoms with Gasteiger partial charge in [0.15, 0.2) is 0 Å². The summed E-state index contributed by atoms with van der Waals surface area (Å²) in [5.74, 6) is 0. The van der Waals surface area contributed by atoms with Crippen molar-refractivity contribution in [1.29, 1.82) is 10.5 Å². The van der Waals surface area contributed by atoms with E-state index in [2.05, 4.69) is 0 Å². The zero-order valence-corrected chi connectivity index (χ0v) is 10.0. The second kappa shape index (κ2) is 4.47. The normalized spacial score (nSPS) is 11.5. The number of aliphatic hydroxyl groups is 1. The predicted molar refractivity (Wildman–Crippen MR) is 58.6 cm³/mol. The topological polar surface area (TPSA) is 67.8 Å². The fraction of sp³-hybridized carbons (Fsp3) is 0.667. The first kappa shape index (κ1) is 13.7. The van der Waals surface area contributed by atoms with Crippen LogP contribution >= 0.6 is 0 Å². The van der Waals surface area contributed by atoms with Crippen LogP contribution in [-0.2, 0) is 0 Å². The molecular weight excluding hydrogens is 188 g/mol. The molecule has 0 aliphatic carbocycles. The summed E-state index contributed by atoms with van der Waals surface area (Å²) < 4.78 is 0. The van der Waals surface area contributed by atoms with Gasteiger partial charge in [-0.25, -0.2) is 0 Å². The Bertz CT molecular complexity index is 329. The van der Waals surface area contributed by atoms with Crippen LogP contribution in [0, 0.1) is 28.1 Å². The molecule has 0 atom stereocenters. The van der Waals surface area contributed by atoms with Crippen molar-refractivity contribution in [2.75, 3.05) is 0 Å². The minimum atomic E-state index is -1.06. The van der Waals surface area contributed by atoms with Crippen LogP contribution in [0.4, 0.5) is 0 Å². The highest BCUT2D eigenvalue weighted by Crippen LogP contribution is 2.32. The summed E-state index contributed by atoms with van der Waals surface area (Å²) in [6, 6.07) is 3.96. The second-order valence-corrected chi connectivity index (χ2v) is 4.77. The largest absolute Gasteiger partial charge is 0.386 e. The second-order valence-electron chi connectivity index (χ2n) is 4.77. The summed E-state index contributed by atoms with van der Waals surface area (Å²) in [5.41, 5.74) is -0.326. The van der Waals surface area contributed by atoms with Crippen LogP contribution in [0.2, 0.25) is 0 Å². The van der Waals surface area contributed by atoms with E-state index in [4.69, 9.17) is 10.5 Å². The maximum Gasteiger partial charge on any atom is 0.144 e. The van der Waals surface area contributed by atoms with Crippen molar-refractivity contribution in [2.45, 2.75) is 46.6 Å². The molecule has 0 aromatic carbocycles. The lowest BCUT2D eigenvalue weighted by Gasteiger charge is -2.27. The first-order valence-electron chi connectivity index (χ1n) is 4.88. The van der Waals surface area contributed by atoms with Gasteiger partial charge in [-0.15, -0.1) is 0 Å². The highest BCUT2D eigenvalue weighted by molar-refractivity contribution is 5.26. The average Bonchev–Trinajstić information content (AvgIpc) is 2.11. The monoisotopic (exact) mass is 206 g/mol. The van der Waals surface area contributed by atoms with E-state index in [9.17, 15) is 5.11 Å². The molecule has 0 aliphatic rings. The lowest BCUT2D eigenvalue weighted by atomic mass is 9.79. The molecule has 0 amide bonds. The molecule has 0 rings (SSSR count). The van der Waals surface area contributed by atoms with Crippen molar-refractivity contribution in [3.05, 3.63) is 11.1 Å². The lowest BCUT2D eigenvalue weighted by Crippen LogP contribution is -2.27. The van der Waals surface area contributed by atoms with Gasteiger partial charge in [-0.05, 0) is 40.2 Å². The fourth-order valence-corrected chi connectivity index (χ4v) is 1.46. The molecule has 0 aromatic heterocycles. The molecule has 3 heteroatoms. The third-order valence-electron chi connectivity index (χ3n) is 2.37. The first-order valence-corrected chi connectivity index (χ1v) is 4.88. The molecule has 0 aliphatic heterocycles. The fourth-order valence-electron chi connectivity index (χ4n) is 1.46. The number of allylic oxidation sites excluding steroid dienone is 1. The zero-order chi connectivity index (χ0) is 12.3. The van der Waals surface area contributed by atoms with E-state index < -0.39 is 11.0 Å². The standard InChI is InChI=1S/C12H18N2O/c1-9(2)10(11(3,4)15)6-12(5,7-13)8-14/h15H,6H2,1-5H3. The molecule has 0 heterocycles. The maximum atomic E-state index is 9.93. The Balaban J connectivity index is 5.19. The van der Waals surface area contributed by atoms with Gasteiger partial charge in [0.1, 0.15) is 5.41 Å². The summed E-state index contributed by atoms with van der Waals surface area (Å²) in [6.07, 6.45) is 0.284. The van der Waals surface area contributed by atoms with E-state index in [1.54, 1.807) is 20.8 Å². The molecule has 0 unspecified atom stereocenters. The molecule has 0 fully saturated rings. The Hall–Kier alpha value is -1.32. The van der Waals surface area contributed by atoms with E-state index >= 15 is 0 Å². The zero-order valence-electron chi connectivity index (χ0n) is 10.0. The van der Waals surface area contributed by atoms with Gasteiger partial charge in [0, 0.05) is 6.42 Å². The molecule has 0 saturated heterocycles. The van der Waals surface area contributed by atoms with Crippen molar-refractivity contribution in [2.24, 2.45) is 5.41 Å². The minimum Gasteiger partial charge on any atom is -0.386 e. The summed E-state index contributed by atoms with van der Waals surface area (Å²) in [6.45, 7) is 8.68.